The number of thiol groups is 1. The molecule has 0 saturated carbocycles. The average Bonchev–Trinajstić information content (AvgIpc) is 3.04. The van der Waals surface area contributed by atoms with Crippen LogP contribution in [0, 0.1) is 27.7 Å². The number of carbonyl (C=O) groups excluding carboxylic acids is 4. The van der Waals surface area contributed by atoms with Crippen LogP contribution >= 0.6 is 24.4 Å². The fourth-order valence-corrected chi connectivity index (χ4v) is 8.39. The first-order valence-electron chi connectivity index (χ1n) is 15.3. The van der Waals surface area contributed by atoms with Crippen LogP contribution in [0.1, 0.15) is 42.5 Å². The molecule has 0 saturated heterocycles. The van der Waals surface area contributed by atoms with Crippen molar-refractivity contribution >= 4 is 66.9 Å². The summed E-state index contributed by atoms with van der Waals surface area (Å²) in [6, 6.07) is 6.80. The number of sulfonamides is 2. The van der Waals surface area contributed by atoms with Gasteiger partial charge < -0.3 is 9.47 Å². The van der Waals surface area contributed by atoms with E-state index in [2.05, 4.69) is 30.7 Å². The number of benzene rings is 2. The van der Waals surface area contributed by atoms with Crippen LogP contribution in [-0.4, -0.2) is 118 Å². The maximum Gasteiger partial charge on any atom is 0.373 e. The number of aryl methyl sites for hydroxylation is 4. The van der Waals surface area contributed by atoms with Crippen LogP contribution < -0.4 is 9.47 Å². The summed E-state index contributed by atoms with van der Waals surface area (Å²) in [4.78, 5) is 33.1. The van der Waals surface area contributed by atoms with Crippen molar-refractivity contribution in [1.29, 1.82) is 0 Å². The number of methoxy groups -OCH3 is 2. The maximum atomic E-state index is 12.6. The molecule has 52 heavy (non-hydrogen) atoms. The molecule has 0 radical (unpaired) electrons. The fraction of sp³-hybridized carbons (Fsp3) is 0.562. The normalized spacial score (nSPS) is 10.8. The number of ether oxygens (including phenoxy) is 2. The first-order valence-corrected chi connectivity index (χ1v) is 21.8. The van der Waals surface area contributed by atoms with Gasteiger partial charge >= 0.3 is 12.3 Å². The molecule has 0 heterocycles. The molecule has 0 aliphatic carbocycles. The lowest BCUT2D eigenvalue weighted by atomic mass is 10.1. The molecule has 0 amide bonds. The summed E-state index contributed by atoms with van der Waals surface area (Å²) in [7, 11) is -4.67. The molecule has 0 aliphatic heterocycles. The standard InChI is InChI=1S/C14H23NO3S2.C13H21NO6S2.C3H8S.2CO2/c1-6-19-8-7-15(4)20(16,17)14-11(2)9-13(18-5)10-12(14)3;1-10-8-12(19-4)9-11(2)13(10)22(17,18)14(3)6-7-20-21(5,15)16;1-2-3-4;2*2-1-3/h9-10H,6-8H2,1-5H3;8-9H,6-7H2,1-5H3;4H,2-3H2,1H3;;. The molecular weight excluding hydrogens is 781 g/mol. The van der Waals surface area contributed by atoms with Crippen molar-refractivity contribution in [2.75, 3.05) is 71.5 Å². The molecule has 2 aromatic rings. The zero-order valence-corrected chi connectivity index (χ0v) is 35.7. The molecule has 20 heteroatoms. The highest BCUT2D eigenvalue weighted by atomic mass is 32.2. The van der Waals surface area contributed by atoms with Crippen LogP contribution in [-0.2, 0) is 53.5 Å². The van der Waals surface area contributed by atoms with Gasteiger partial charge in [-0.1, -0.05) is 13.8 Å². The molecule has 0 N–H and O–H groups in total. The second-order valence-electron chi connectivity index (χ2n) is 10.4. The Labute approximate surface area is 319 Å². The van der Waals surface area contributed by atoms with Crippen LogP contribution in [0.5, 0.6) is 11.5 Å². The third kappa shape index (κ3) is 20.5. The third-order valence-corrected chi connectivity index (χ3v) is 12.6. The van der Waals surface area contributed by atoms with E-state index in [0.717, 1.165) is 38.9 Å². The molecule has 0 aliphatic rings. The minimum absolute atomic E-state index is 0.0691. The van der Waals surface area contributed by atoms with E-state index < -0.39 is 30.2 Å². The molecular formula is C32H52N2O13S5. The van der Waals surface area contributed by atoms with E-state index >= 15 is 0 Å². The van der Waals surface area contributed by atoms with Crippen LogP contribution in [0.3, 0.4) is 0 Å². The van der Waals surface area contributed by atoms with Crippen molar-refractivity contribution in [3.8, 4) is 11.5 Å². The summed E-state index contributed by atoms with van der Waals surface area (Å²) in [5, 5.41) is 0. The zero-order valence-electron chi connectivity index (χ0n) is 31.5. The molecule has 15 nitrogen and oxygen atoms in total. The van der Waals surface area contributed by atoms with Crippen molar-refractivity contribution in [1.82, 2.24) is 8.61 Å². The first-order chi connectivity index (χ1) is 24.1. The zero-order chi connectivity index (χ0) is 41.3. The molecule has 0 unspecified atom stereocenters. The van der Waals surface area contributed by atoms with Crippen molar-refractivity contribution in [2.24, 2.45) is 0 Å². The monoisotopic (exact) mass is 832 g/mol. The topological polar surface area (TPSA) is 205 Å². The fourth-order valence-electron chi connectivity index (χ4n) is 4.08. The van der Waals surface area contributed by atoms with Crippen molar-refractivity contribution in [3.63, 3.8) is 0 Å². The van der Waals surface area contributed by atoms with E-state index in [1.807, 2.05) is 0 Å². The molecule has 2 rings (SSSR count). The van der Waals surface area contributed by atoms with Gasteiger partial charge in [0.15, 0.2) is 0 Å². The Morgan fingerprint density at radius 3 is 1.25 bits per heavy atom. The van der Waals surface area contributed by atoms with Gasteiger partial charge in [0.1, 0.15) is 11.5 Å². The second-order valence-corrected chi connectivity index (χ2v) is 17.9. The summed E-state index contributed by atoms with van der Waals surface area (Å²) in [6.07, 6.45) is 2.60. The van der Waals surface area contributed by atoms with Gasteiger partial charge in [0.2, 0.25) is 20.0 Å². The minimum Gasteiger partial charge on any atom is -0.497 e. The quantitative estimate of drug-likeness (QED) is 0.154. The Balaban J connectivity index is -0.000000736. The molecule has 0 spiro atoms. The smallest absolute Gasteiger partial charge is 0.373 e. The van der Waals surface area contributed by atoms with E-state index in [1.165, 1.54) is 24.9 Å². The van der Waals surface area contributed by atoms with E-state index in [9.17, 15) is 25.3 Å². The number of hydrogen-bond donors (Lipinski definition) is 1. The van der Waals surface area contributed by atoms with E-state index in [4.69, 9.17) is 28.7 Å². The van der Waals surface area contributed by atoms with Gasteiger partial charge in [-0.2, -0.15) is 56.3 Å². The third-order valence-electron chi connectivity index (χ3n) is 6.36. The highest BCUT2D eigenvalue weighted by molar-refractivity contribution is 7.99. The summed E-state index contributed by atoms with van der Waals surface area (Å²) >= 11 is 5.66. The van der Waals surface area contributed by atoms with Crippen LogP contribution in [0.25, 0.3) is 0 Å². The highest BCUT2D eigenvalue weighted by Gasteiger charge is 2.26. The Morgan fingerprint density at radius 2 is 1.00 bits per heavy atom. The predicted octanol–water partition coefficient (Wildman–Crippen LogP) is 3.75. The van der Waals surface area contributed by atoms with Crippen LogP contribution in [0.2, 0.25) is 0 Å². The Morgan fingerprint density at radius 1 is 0.692 bits per heavy atom. The van der Waals surface area contributed by atoms with Crippen LogP contribution in [0.4, 0.5) is 0 Å². The number of hydrogen-bond acceptors (Lipinski definition) is 15. The lowest BCUT2D eigenvalue weighted by Gasteiger charge is -2.20. The summed E-state index contributed by atoms with van der Waals surface area (Å²) in [5.41, 5.74) is 2.56. The number of likely N-dealkylation sites (N-methyl/N-ethyl adjacent to an activating group) is 1. The molecule has 0 atom stereocenters. The molecule has 0 aromatic heterocycles. The van der Waals surface area contributed by atoms with Gasteiger partial charge in [0.05, 0.1) is 36.9 Å². The van der Waals surface area contributed by atoms with Crippen molar-refractivity contribution in [2.45, 2.75) is 57.8 Å². The van der Waals surface area contributed by atoms with Gasteiger partial charge in [-0.25, -0.2) is 21.1 Å². The van der Waals surface area contributed by atoms with Crippen molar-refractivity contribution in [3.05, 3.63) is 46.5 Å². The largest absolute Gasteiger partial charge is 0.497 e. The maximum absolute atomic E-state index is 12.6. The van der Waals surface area contributed by atoms with Gasteiger partial charge in [-0.3, -0.25) is 4.18 Å². The second kappa shape index (κ2) is 27.8. The molecule has 0 fully saturated rings. The lowest BCUT2D eigenvalue weighted by molar-refractivity contribution is -0.193. The molecule has 298 valence electrons. The lowest BCUT2D eigenvalue weighted by Crippen LogP contribution is -2.31. The minimum atomic E-state index is -3.74. The SMILES string of the molecule is CCCS.CCSCCN(C)S(=O)(=O)c1c(C)cc(OC)cc1C.COc1cc(C)c(S(=O)(=O)N(C)CCOS(C)(=O)=O)c(C)c1.O=C=O.O=C=O. The summed E-state index contributed by atoms with van der Waals surface area (Å²) in [6.45, 7) is 11.4. The predicted molar refractivity (Wildman–Crippen MR) is 203 cm³/mol. The number of thioether (sulfide) groups is 1. The average molecular weight is 833 g/mol. The Kier molecular flexibility index (Phi) is 28.6. The Hall–Kier alpha value is -2.77. The van der Waals surface area contributed by atoms with Gasteiger partial charge in [-0.15, -0.1) is 0 Å². The van der Waals surface area contributed by atoms with Gasteiger partial charge in [0.25, 0.3) is 10.1 Å². The Bertz CT molecular complexity index is 1690. The van der Waals surface area contributed by atoms with E-state index in [0.29, 0.717) is 34.1 Å². The van der Waals surface area contributed by atoms with Crippen molar-refractivity contribution < 1.29 is 58.1 Å². The molecule has 0 bridgehead atoms. The number of nitrogens with zero attached hydrogens (tertiary/aromatic N) is 2. The first kappa shape index (κ1) is 53.6. The van der Waals surface area contributed by atoms with Crippen LogP contribution in [0.15, 0.2) is 34.1 Å². The van der Waals surface area contributed by atoms with Gasteiger partial charge in [0, 0.05) is 32.9 Å². The van der Waals surface area contributed by atoms with Gasteiger partial charge in [-0.05, 0) is 92.1 Å². The van der Waals surface area contributed by atoms with E-state index in [-0.39, 0.29) is 30.4 Å². The molecule has 2 aromatic carbocycles. The summed E-state index contributed by atoms with van der Waals surface area (Å²) < 4.78 is 89.7. The van der Waals surface area contributed by atoms with E-state index in [1.54, 1.807) is 77.9 Å². The highest BCUT2D eigenvalue weighted by Crippen LogP contribution is 2.29. The number of rotatable bonds is 15. The summed E-state index contributed by atoms with van der Waals surface area (Å²) in [5.74, 6) is 4.08.